The lowest BCUT2D eigenvalue weighted by molar-refractivity contribution is 0.102. The molecule has 2 N–H and O–H groups in total. The van der Waals surface area contributed by atoms with Gasteiger partial charge < -0.3 is 10.6 Å². The van der Waals surface area contributed by atoms with Crippen molar-refractivity contribution in [1.29, 1.82) is 0 Å². The first-order valence-corrected chi connectivity index (χ1v) is 12.3. The predicted molar refractivity (Wildman–Crippen MR) is 143 cm³/mol. The van der Waals surface area contributed by atoms with Crippen molar-refractivity contribution in [3.63, 3.8) is 0 Å². The summed E-state index contributed by atoms with van der Waals surface area (Å²) < 4.78 is 2.04. The molecule has 170 valence electrons. The van der Waals surface area contributed by atoms with Crippen LogP contribution in [0.5, 0.6) is 0 Å². The highest BCUT2D eigenvalue weighted by Crippen LogP contribution is 2.36. The molecule has 1 saturated heterocycles. The summed E-state index contributed by atoms with van der Waals surface area (Å²) in [6.07, 6.45) is 0. The smallest absolute Gasteiger partial charge is 0.255 e. The fourth-order valence-corrected chi connectivity index (χ4v) is 5.41. The zero-order valence-electron chi connectivity index (χ0n) is 17.9. The second-order valence-electron chi connectivity index (χ2n) is 7.82. The second kappa shape index (κ2) is 10.8. The molecule has 33 heavy (non-hydrogen) atoms. The number of halogens is 2. The van der Waals surface area contributed by atoms with Gasteiger partial charge in [-0.25, -0.2) is 4.98 Å². The third-order valence-electron chi connectivity index (χ3n) is 5.60. The van der Waals surface area contributed by atoms with Gasteiger partial charge in [0.1, 0.15) is 5.01 Å². The molecule has 0 radical (unpaired) electrons. The number of piperazine rings is 1. The Labute approximate surface area is 211 Å². The van der Waals surface area contributed by atoms with Crippen LogP contribution in [-0.4, -0.2) is 42.0 Å². The van der Waals surface area contributed by atoms with Crippen molar-refractivity contribution in [2.45, 2.75) is 6.54 Å². The standard InChI is InChI=1S/C25H23BrN4OS.ClH/c26-19-7-3-5-17(15-19)24(31)28-21-9-2-1-8-20(21)25-29-23-18(6-4-10-22(23)32-25)16-30-13-11-27-12-14-30;/h1-10,15,27H,11-14,16H2,(H,28,31);1H. The number of benzene rings is 3. The molecule has 4 aromatic rings. The zero-order chi connectivity index (χ0) is 21.9. The molecular formula is C25H24BrClN4OS. The number of carbonyl (C=O) groups excluding carboxylic acids is 1. The van der Waals surface area contributed by atoms with Crippen LogP contribution in [0.1, 0.15) is 15.9 Å². The van der Waals surface area contributed by atoms with Crippen LogP contribution in [0.3, 0.4) is 0 Å². The van der Waals surface area contributed by atoms with Gasteiger partial charge in [0.25, 0.3) is 5.91 Å². The van der Waals surface area contributed by atoms with Crippen LogP contribution in [0.4, 0.5) is 5.69 Å². The van der Waals surface area contributed by atoms with E-state index < -0.39 is 0 Å². The van der Waals surface area contributed by atoms with Crippen molar-refractivity contribution in [3.8, 4) is 10.6 Å². The maximum absolute atomic E-state index is 12.8. The molecule has 1 fully saturated rings. The number of carbonyl (C=O) groups is 1. The number of nitrogens with zero attached hydrogens (tertiary/aromatic N) is 2. The quantitative estimate of drug-likeness (QED) is 0.334. The van der Waals surface area contributed by atoms with Gasteiger partial charge in [-0.3, -0.25) is 9.69 Å². The molecule has 0 atom stereocenters. The molecule has 1 aliphatic heterocycles. The van der Waals surface area contributed by atoms with Crippen molar-refractivity contribution < 1.29 is 4.79 Å². The SMILES string of the molecule is Cl.O=C(Nc1ccccc1-c1nc2c(CN3CCNCC3)cccc2s1)c1cccc(Br)c1. The van der Waals surface area contributed by atoms with Gasteiger partial charge in [0.2, 0.25) is 0 Å². The molecule has 1 aliphatic rings. The average Bonchev–Trinajstić information content (AvgIpc) is 3.25. The largest absolute Gasteiger partial charge is 0.321 e. The van der Waals surface area contributed by atoms with Crippen LogP contribution in [0, 0.1) is 0 Å². The third-order valence-corrected chi connectivity index (χ3v) is 7.15. The lowest BCUT2D eigenvalue weighted by atomic mass is 10.1. The van der Waals surface area contributed by atoms with Gasteiger partial charge in [-0.05, 0) is 42.0 Å². The first-order chi connectivity index (χ1) is 15.7. The minimum absolute atomic E-state index is 0. The van der Waals surface area contributed by atoms with E-state index in [1.807, 2.05) is 48.5 Å². The molecule has 1 aromatic heterocycles. The van der Waals surface area contributed by atoms with E-state index in [0.29, 0.717) is 5.56 Å². The van der Waals surface area contributed by atoms with Crippen LogP contribution >= 0.6 is 39.7 Å². The van der Waals surface area contributed by atoms with E-state index in [9.17, 15) is 4.79 Å². The first kappa shape index (κ1) is 23.9. The average molecular weight is 544 g/mol. The van der Waals surface area contributed by atoms with E-state index in [-0.39, 0.29) is 18.3 Å². The van der Waals surface area contributed by atoms with Crippen molar-refractivity contribution in [2.75, 3.05) is 31.5 Å². The van der Waals surface area contributed by atoms with Crippen LogP contribution in [0.2, 0.25) is 0 Å². The molecule has 0 unspecified atom stereocenters. The Morgan fingerprint density at radius 3 is 2.67 bits per heavy atom. The number of aromatic nitrogens is 1. The van der Waals surface area contributed by atoms with Crippen LogP contribution in [0.15, 0.2) is 71.2 Å². The molecule has 1 amide bonds. The van der Waals surface area contributed by atoms with E-state index >= 15 is 0 Å². The van der Waals surface area contributed by atoms with E-state index in [4.69, 9.17) is 4.98 Å². The minimum atomic E-state index is -0.140. The summed E-state index contributed by atoms with van der Waals surface area (Å²) in [5, 5.41) is 7.39. The van der Waals surface area contributed by atoms with Gasteiger partial charge in [-0.2, -0.15) is 0 Å². The summed E-state index contributed by atoms with van der Waals surface area (Å²) in [6, 6.07) is 21.7. The Morgan fingerprint density at radius 1 is 1.06 bits per heavy atom. The van der Waals surface area contributed by atoms with Gasteiger partial charge in [0.15, 0.2) is 0 Å². The molecular weight excluding hydrogens is 520 g/mol. The lowest BCUT2D eigenvalue weighted by Gasteiger charge is -2.27. The Bertz CT molecular complexity index is 1270. The number of anilines is 1. The van der Waals surface area contributed by atoms with Gasteiger partial charge >= 0.3 is 0 Å². The van der Waals surface area contributed by atoms with Crippen molar-refractivity contribution in [2.24, 2.45) is 0 Å². The van der Waals surface area contributed by atoms with Crippen LogP contribution in [0.25, 0.3) is 20.8 Å². The fraction of sp³-hybridized carbons (Fsp3) is 0.200. The number of fused-ring (bicyclic) bond motifs is 1. The van der Waals surface area contributed by atoms with E-state index in [0.717, 1.165) is 59.0 Å². The highest BCUT2D eigenvalue weighted by Gasteiger charge is 2.17. The van der Waals surface area contributed by atoms with Crippen molar-refractivity contribution in [3.05, 3.63) is 82.3 Å². The highest BCUT2D eigenvalue weighted by atomic mass is 79.9. The van der Waals surface area contributed by atoms with Gasteiger partial charge in [0, 0.05) is 48.3 Å². The first-order valence-electron chi connectivity index (χ1n) is 10.7. The Balaban J connectivity index is 0.00000259. The Hall–Kier alpha value is -2.29. The second-order valence-corrected chi connectivity index (χ2v) is 9.77. The molecule has 0 bridgehead atoms. The molecule has 5 nitrogen and oxygen atoms in total. The number of thiazole rings is 1. The summed E-state index contributed by atoms with van der Waals surface area (Å²) in [5.74, 6) is -0.140. The van der Waals surface area contributed by atoms with Crippen molar-refractivity contribution in [1.82, 2.24) is 15.2 Å². The van der Waals surface area contributed by atoms with Gasteiger partial charge in [0.05, 0.1) is 15.9 Å². The number of rotatable bonds is 5. The maximum Gasteiger partial charge on any atom is 0.255 e. The molecule has 0 saturated carbocycles. The van der Waals surface area contributed by atoms with Gasteiger partial charge in [-0.15, -0.1) is 23.7 Å². The van der Waals surface area contributed by atoms with Crippen molar-refractivity contribution >= 4 is 61.5 Å². The summed E-state index contributed by atoms with van der Waals surface area (Å²) in [7, 11) is 0. The molecule has 8 heteroatoms. The number of nitrogens with one attached hydrogen (secondary N) is 2. The number of amides is 1. The monoisotopic (exact) mass is 542 g/mol. The van der Waals surface area contributed by atoms with E-state index in [2.05, 4.69) is 49.7 Å². The summed E-state index contributed by atoms with van der Waals surface area (Å²) in [4.78, 5) is 20.3. The fourth-order valence-electron chi connectivity index (χ4n) is 3.96. The minimum Gasteiger partial charge on any atom is -0.321 e. The number of hydrogen-bond donors (Lipinski definition) is 2. The molecule has 5 rings (SSSR count). The number of hydrogen-bond acceptors (Lipinski definition) is 5. The summed E-state index contributed by atoms with van der Waals surface area (Å²) in [6.45, 7) is 5.08. The molecule has 3 aromatic carbocycles. The molecule has 0 aliphatic carbocycles. The topological polar surface area (TPSA) is 57.3 Å². The predicted octanol–water partition coefficient (Wildman–Crippen LogP) is 5.81. The molecule has 2 heterocycles. The van der Waals surface area contributed by atoms with Gasteiger partial charge in [-0.1, -0.05) is 46.3 Å². The highest BCUT2D eigenvalue weighted by molar-refractivity contribution is 9.10. The van der Waals surface area contributed by atoms with E-state index in [1.54, 1.807) is 11.3 Å². The normalized spacial score (nSPS) is 14.1. The van der Waals surface area contributed by atoms with Crippen LogP contribution in [-0.2, 0) is 6.54 Å². The third kappa shape index (κ3) is 5.45. The summed E-state index contributed by atoms with van der Waals surface area (Å²) >= 11 is 5.10. The lowest BCUT2D eigenvalue weighted by Crippen LogP contribution is -2.42. The van der Waals surface area contributed by atoms with Crippen LogP contribution < -0.4 is 10.6 Å². The maximum atomic E-state index is 12.8. The number of para-hydroxylation sites is 2. The Kier molecular flexibility index (Phi) is 7.78. The van der Waals surface area contributed by atoms with E-state index in [1.165, 1.54) is 10.3 Å². The summed E-state index contributed by atoms with van der Waals surface area (Å²) in [5.41, 5.74) is 4.61. The zero-order valence-corrected chi connectivity index (χ0v) is 21.1. The Morgan fingerprint density at radius 2 is 1.85 bits per heavy atom. The molecule has 0 spiro atoms.